The maximum Gasteiger partial charge on any atom is 0.133 e. The lowest BCUT2D eigenvalue weighted by atomic mass is 10.0. The summed E-state index contributed by atoms with van der Waals surface area (Å²) in [5.74, 6) is 0.855. The molecule has 0 aromatic heterocycles. The number of hydrogen-bond acceptors (Lipinski definition) is 2. The summed E-state index contributed by atoms with van der Waals surface area (Å²) >= 11 is 3.52. The van der Waals surface area contributed by atoms with Crippen LogP contribution in [0.5, 0.6) is 5.75 Å². The molecule has 2 rings (SSSR count). The first-order valence-corrected chi connectivity index (χ1v) is 8.03. The normalized spacial score (nSPS) is 12.0. The molecule has 0 bridgehead atoms. The summed E-state index contributed by atoms with van der Waals surface area (Å²) in [6.45, 7) is 4.36. The Kier molecular flexibility index (Phi) is 5.68. The molecule has 0 radical (unpaired) electrons. The second kappa shape index (κ2) is 7.51. The fourth-order valence-corrected chi connectivity index (χ4v) is 2.90. The van der Waals surface area contributed by atoms with Gasteiger partial charge in [-0.25, -0.2) is 0 Å². The van der Waals surface area contributed by atoms with Gasteiger partial charge in [-0.3, -0.25) is 0 Å². The first-order valence-electron chi connectivity index (χ1n) is 7.24. The minimum atomic E-state index is 0.422. The van der Waals surface area contributed by atoms with Gasteiger partial charge in [0.15, 0.2) is 0 Å². The third-order valence-electron chi connectivity index (χ3n) is 3.51. The minimum absolute atomic E-state index is 0.422. The van der Waals surface area contributed by atoms with Crippen LogP contribution in [0.3, 0.4) is 0 Å². The summed E-state index contributed by atoms with van der Waals surface area (Å²) < 4.78 is 6.22. The maximum absolute atomic E-state index is 5.25. The summed E-state index contributed by atoms with van der Waals surface area (Å²) in [5, 5.41) is 3.53. The molecule has 2 aromatic rings. The van der Waals surface area contributed by atoms with Crippen molar-refractivity contribution in [3.05, 3.63) is 58.1 Å². The highest BCUT2D eigenvalue weighted by Crippen LogP contribution is 2.28. The summed E-state index contributed by atoms with van der Waals surface area (Å²) in [5.41, 5.74) is 3.84. The lowest BCUT2D eigenvalue weighted by Gasteiger charge is -2.16. The van der Waals surface area contributed by atoms with Gasteiger partial charge in [-0.15, -0.1) is 0 Å². The third kappa shape index (κ3) is 4.78. The Balaban J connectivity index is 1.89. The summed E-state index contributed by atoms with van der Waals surface area (Å²) in [6.07, 6.45) is 2.19. The smallest absolute Gasteiger partial charge is 0.133 e. The van der Waals surface area contributed by atoms with Gasteiger partial charge in [-0.2, -0.15) is 0 Å². The number of anilines is 1. The molecule has 112 valence electrons. The lowest BCUT2D eigenvalue weighted by molar-refractivity contribution is 0.412. The Bertz CT molecular complexity index is 598. The number of rotatable bonds is 6. The molecule has 0 fully saturated rings. The molecule has 1 unspecified atom stereocenters. The number of hydrogen-bond donors (Lipinski definition) is 1. The number of methoxy groups -OCH3 is 1. The molecule has 3 heteroatoms. The molecule has 2 aromatic carbocycles. The predicted octanol–water partition coefficient (Wildman–Crippen LogP) is 5.20. The number of aryl methyl sites for hydroxylation is 2. The largest absolute Gasteiger partial charge is 0.496 e. The van der Waals surface area contributed by atoms with Crippen LogP contribution in [0, 0.1) is 6.92 Å². The molecule has 1 atom stereocenters. The van der Waals surface area contributed by atoms with Gasteiger partial charge in [0.05, 0.1) is 11.6 Å². The molecule has 2 nitrogen and oxygen atoms in total. The van der Waals surface area contributed by atoms with Gasteiger partial charge in [0.1, 0.15) is 5.75 Å². The highest BCUT2D eigenvalue weighted by atomic mass is 79.9. The summed E-state index contributed by atoms with van der Waals surface area (Å²) in [4.78, 5) is 0. The Morgan fingerprint density at radius 1 is 1.19 bits per heavy atom. The number of halogens is 1. The molecule has 0 aliphatic heterocycles. The molecule has 21 heavy (non-hydrogen) atoms. The Labute approximate surface area is 135 Å². The van der Waals surface area contributed by atoms with Crippen molar-refractivity contribution in [1.82, 2.24) is 0 Å². The van der Waals surface area contributed by atoms with Crippen LogP contribution in [-0.2, 0) is 6.42 Å². The fourth-order valence-electron chi connectivity index (χ4n) is 2.36. The van der Waals surface area contributed by atoms with Crippen LogP contribution in [0.1, 0.15) is 24.5 Å². The van der Waals surface area contributed by atoms with E-state index in [2.05, 4.69) is 65.4 Å². The molecular formula is C18H22BrNO. The average Bonchev–Trinajstić information content (AvgIpc) is 2.45. The van der Waals surface area contributed by atoms with Crippen molar-refractivity contribution in [3.8, 4) is 5.75 Å². The van der Waals surface area contributed by atoms with E-state index in [0.717, 1.165) is 28.8 Å². The van der Waals surface area contributed by atoms with Crippen LogP contribution in [0.4, 0.5) is 5.69 Å². The Hall–Kier alpha value is -1.48. The molecule has 0 spiro atoms. The predicted molar refractivity (Wildman–Crippen MR) is 93.3 cm³/mol. The van der Waals surface area contributed by atoms with Crippen molar-refractivity contribution < 1.29 is 4.74 Å². The Morgan fingerprint density at radius 3 is 2.67 bits per heavy atom. The van der Waals surface area contributed by atoms with E-state index in [9.17, 15) is 0 Å². The number of benzene rings is 2. The lowest BCUT2D eigenvalue weighted by Crippen LogP contribution is -2.16. The van der Waals surface area contributed by atoms with Crippen LogP contribution in [-0.4, -0.2) is 13.2 Å². The van der Waals surface area contributed by atoms with E-state index in [1.807, 2.05) is 12.1 Å². The summed E-state index contributed by atoms with van der Waals surface area (Å²) in [6, 6.07) is 15.2. The van der Waals surface area contributed by atoms with Crippen molar-refractivity contribution in [2.24, 2.45) is 0 Å². The monoisotopic (exact) mass is 347 g/mol. The molecule has 0 saturated carbocycles. The van der Waals surface area contributed by atoms with E-state index in [1.165, 1.54) is 11.1 Å². The van der Waals surface area contributed by atoms with Crippen molar-refractivity contribution in [3.63, 3.8) is 0 Å². The second-order valence-corrected chi connectivity index (χ2v) is 6.28. The minimum Gasteiger partial charge on any atom is -0.496 e. The van der Waals surface area contributed by atoms with Crippen LogP contribution < -0.4 is 10.1 Å². The van der Waals surface area contributed by atoms with Gasteiger partial charge in [0, 0.05) is 11.7 Å². The molecule has 0 aliphatic rings. The topological polar surface area (TPSA) is 21.3 Å². The fraction of sp³-hybridized carbons (Fsp3) is 0.333. The van der Waals surface area contributed by atoms with E-state index < -0.39 is 0 Å². The second-order valence-electron chi connectivity index (χ2n) is 5.42. The number of nitrogens with one attached hydrogen (secondary N) is 1. The molecule has 0 saturated heterocycles. The number of ether oxygens (including phenoxy) is 1. The van der Waals surface area contributed by atoms with Crippen LogP contribution in [0.15, 0.2) is 46.9 Å². The average molecular weight is 348 g/mol. The van der Waals surface area contributed by atoms with Crippen LogP contribution in [0.25, 0.3) is 0 Å². The summed E-state index contributed by atoms with van der Waals surface area (Å²) in [7, 11) is 1.68. The van der Waals surface area contributed by atoms with E-state index in [4.69, 9.17) is 4.74 Å². The van der Waals surface area contributed by atoms with Gasteiger partial charge in [-0.05, 0) is 66.4 Å². The van der Waals surface area contributed by atoms with E-state index >= 15 is 0 Å². The van der Waals surface area contributed by atoms with Gasteiger partial charge in [-0.1, -0.05) is 29.8 Å². The van der Waals surface area contributed by atoms with Gasteiger partial charge < -0.3 is 10.1 Å². The standard InChI is InChI=1S/C18H22BrNO/c1-13-5-4-6-15(11-13)8-7-14(2)20-16-9-10-18(21-3)17(19)12-16/h4-6,9-12,14,20H,7-8H2,1-3H3. The zero-order chi connectivity index (χ0) is 15.2. The molecular weight excluding hydrogens is 326 g/mol. The maximum atomic E-state index is 5.25. The first kappa shape index (κ1) is 15.9. The van der Waals surface area contributed by atoms with Crippen LogP contribution in [0.2, 0.25) is 0 Å². The van der Waals surface area contributed by atoms with E-state index in [0.29, 0.717) is 6.04 Å². The SMILES string of the molecule is COc1ccc(NC(C)CCc2cccc(C)c2)cc1Br. The highest BCUT2D eigenvalue weighted by molar-refractivity contribution is 9.10. The first-order chi connectivity index (χ1) is 10.1. The Morgan fingerprint density at radius 2 is 2.00 bits per heavy atom. The van der Waals surface area contributed by atoms with E-state index in [-0.39, 0.29) is 0 Å². The van der Waals surface area contributed by atoms with Crippen molar-refractivity contribution >= 4 is 21.6 Å². The molecule has 0 aliphatic carbocycles. The van der Waals surface area contributed by atoms with Gasteiger partial charge >= 0.3 is 0 Å². The van der Waals surface area contributed by atoms with Gasteiger partial charge in [0.25, 0.3) is 0 Å². The van der Waals surface area contributed by atoms with Crippen molar-refractivity contribution in [1.29, 1.82) is 0 Å². The zero-order valence-corrected chi connectivity index (χ0v) is 14.4. The quantitative estimate of drug-likeness (QED) is 0.775. The highest BCUT2D eigenvalue weighted by Gasteiger charge is 2.06. The molecule has 0 amide bonds. The molecule has 1 N–H and O–H groups in total. The van der Waals surface area contributed by atoms with Gasteiger partial charge in [0.2, 0.25) is 0 Å². The van der Waals surface area contributed by atoms with Crippen molar-refractivity contribution in [2.45, 2.75) is 32.7 Å². The molecule has 0 heterocycles. The van der Waals surface area contributed by atoms with E-state index in [1.54, 1.807) is 7.11 Å². The zero-order valence-electron chi connectivity index (χ0n) is 12.8. The van der Waals surface area contributed by atoms with Crippen LogP contribution >= 0.6 is 15.9 Å². The van der Waals surface area contributed by atoms with Crippen molar-refractivity contribution in [2.75, 3.05) is 12.4 Å². The third-order valence-corrected chi connectivity index (χ3v) is 4.13.